The van der Waals surface area contributed by atoms with E-state index in [-0.39, 0.29) is 12.5 Å². The number of alkyl carbamates (subject to hydrolysis) is 1. The highest BCUT2D eigenvalue weighted by molar-refractivity contribution is 6.30. The number of rotatable bonds is 6. The molecule has 0 unspecified atom stereocenters. The highest BCUT2D eigenvalue weighted by Gasteiger charge is 2.17. The van der Waals surface area contributed by atoms with E-state index >= 15 is 0 Å². The van der Waals surface area contributed by atoms with Crippen molar-refractivity contribution in [2.24, 2.45) is 0 Å². The second-order valence-corrected chi connectivity index (χ2v) is 7.76. The van der Waals surface area contributed by atoms with Gasteiger partial charge in [-0.05, 0) is 56.7 Å². The maximum atomic E-state index is 12.2. The zero-order chi connectivity index (χ0) is 22.1. The van der Waals surface area contributed by atoms with Gasteiger partial charge in [0.05, 0.1) is 11.4 Å². The van der Waals surface area contributed by atoms with Gasteiger partial charge in [-0.3, -0.25) is 9.59 Å². The summed E-state index contributed by atoms with van der Waals surface area (Å²) in [5.74, 6) is -0.821. The third-order valence-corrected chi connectivity index (χ3v) is 3.80. The molecule has 0 saturated heterocycles. The zero-order valence-electron chi connectivity index (χ0n) is 17.0. The van der Waals surface area contributed by atoms with Crippen molar-refractivity contribution in [1.82, 2.24) is 5.32 Å². The van der Waals surface area contributed by atoms with Gasteiger partial charge in [0.15, 0.2) is 0 Å². The number of anilines is 2. The molecule has 0 aromatic heterocycles. The third kappa shape index (κ3) is 8.36. The van der Waals surface area contributed by atoms with Crippen LogP contribution in [0.3, 0.4) is 0 Å². The van der Waals surface area contributed by atoms with Crippen LogP contribution >= 0.6 is 11.6 Å². The van der Waals surface area contributed by atoms with Crippen LogP contribution in [-0.2, 0) is 14.3 Å². The Morgan fingerprint density at radius 3 is 2.17 bits per heavy atom. The number of halogens is 1. The van der Waals surface area contributed by atoms with Crippen molar-refractivity contribution in [3.05, 3.63) is 65.2 Å². The Hall–Kier alpha value is -3.32. The van der Waals surface area contributed by atoms with Crippen LogP contribution in [-0.4, -0.2) is 30.1 Å². The minimum Gasteiger partial charge on any atom is -0.444 e. The number of hydrogen-bond donors (Lipinski definition) is 3. The zero-order valence-corrected chi connectivity index (χ0v) is 17.7. The van der Waals surface area contributed by atoms with Crippen molar-refractivity contribution < 1.29 is 19.1 Å². The Morgan fingerprint density at radius 1 is 0.967 bits per heavy atom. The van der Waals surface area contributed by atoms with Crippen molar-refractivity contribution >= 4 is 47.0 Å². The highest BCUT2D eigenvalue weighted by atomic mass is 35.5. The maximum absolute atomic E-state index is 12.2. The Balaban J connectivity index is 1.93. The van der Waals surface area contributed by atoms with Crippen molar-refractivity contribution in [3.8, 4) is 0 Å². The van der Waals surface area contributed by atoms with E-state index in [2.05, 4.69) is 16.0 Å². The summed E-state index contributed by atoms with van der Waals surface area (Å²) in [6.07, 6.45) is 2.34. The topological polar surface area (TPSA) is 96.5 Å². The first kappa shape index (κ1) is 23.0. The summed E-state index contributed by atoms with van der Waals surface area (Å²) >= 11 is 5.84. The molecule has 2 aromatic rings. The normalized spacial score (nSPS) is 11.1. The van der Waals surface area contributed by atoms with E-state index in [4.69, 9.17) is 16.3 Å². The molecule has 2 aromatic carbocycles. The molecule has 8 heteroatoms. The molecule has 7 nitrogen and oxygen atoms in total. The SMILES string of the molecule is CC(C)(C)OC(=O)NCC(=O)Nc1ccccc1NC(=O)/C=C/c1ccc(Cl)cc1. The standard InChI is InChI=1S/C22H24ClN3O4/c1-22(2,3)30-21(29)24-14-20(28)26-18-7-5-4-6-17(18)25-19(27)13-10-15-8-11-16(23)12-9-15/h4-13H,14H2,1-3H3,(H,24,29)(H,25,27)(H,26,28)/b13-10+. The van der Waals surface area contributed by atoms with Crippen LogP contribution < -0.4 is 16.0 Å². The second-order valence-electron chi connectivity index (χ2n) is 7.32. The lowest BCUT2D eigenvalue weighted by Crippen LogP contribution is -2.37. The molecule has 0 aliphatic rings. The predicted molar refractivity (Wildman–Crippen MR) is 118 cm³/mol. The third-order valence-electron chi connectivity index (χ3n) is 3.55. The van der Waals surface area contributed by atoms with Crippen LogP contribution in [0.2, 0.25) is 5.02 Å². The first-order chi connectivity index (χ1) is 14.1. The first-order valence-corrected chi connectivity index (χ1v) is 9.60. The van der Waals surface area contributed by atoms with Crippen molar-refractivity contribution in [3.63, 3.8) is 0 Å². The molecule has 0 heterocycles. The molecule has 0 fully saturated rings. The molecule has 0 aliphatic heterocycles. The fraction of sp³-hybridized carbons (Fsp3) is 0.227. The number of carbonyl (C=O) groups excluding carboxylic acids is 3. The Morgan fingerprint density at radius 2 is 1.57 bits per heavy atom. The van der Waals surface area contributed by atoms with E-state index in [9.17, 15) is 14.4 Å². The Labute approximate surface area is 180 Å². The van der Waals surface area contributed by atoms with E-state index < -0.39 is 17.6 Å². The monoisotopic (exact) mass is 429 g/mol. The number of benzene rings is 2. The molecule has 0 bridgehead atoms. The smallest absolute Gasteiger partial charge is 0.408 e. The lowest BCUT2D eigenvalue weighted by molar-refractivity contribution is -0.115. The number of nitrogens with one attached hydrogen (secondary N) is 3. The molecule has 3 amide bonds. The van der Waals surface area contributed by atoms with Crippen LogP contribution in [0.4, 0.5) is 16.2 Å². The number of para-hydroxylation sites is 2. The van der Waals surface area contributed by atoms with Crippen LogP contribution in [0.15, 0.2) is 54.6 Å². The molecule has 2 rings (SSSR count). The van der Waals surface area contributed by atoms with Crippen molar-refractivity contribution in [2.75, 3.05) is 17.2 Å². The van der Waals surface area contributed by atoms with E-state index in [1.54, 1.807) is 75.4 Å². The molecule has 158 valence electrons. The summed E-state index contributed by atoms with van der Waals surface area (Å²) in [5.41, 5.74) is 0.997. The van der Waals surface area contributed by atoms with Gasteiger partial charge in [0.2, 0.25) is 11.8 Å². The average Bonchev–Trinajstić information content (AvgIpc) is 2.66. The average molecular weight is 430 g/mol. The molecule has 3 N–H and O–H groups in total. The minimum atomic E-state index is -0.688. The summed E-state index contributed by atoms with van der Waals surface area (Å²) in [7, 11) is 0. The number of hydrogen-bond acceptors (Lipinski definition) is 4. The Kier molecular flexibility index (Phi) is 8.00. The maximum Gasteiger partial charge on any atom is 0.408 e. The van der Waals surface area contributed by atoms with E-state index in [0.29, 0.717) is 16.4 Å². The fourth-order valence-corrected chi connectivity index (χ4v) is 2.41. The molecule has 0 aliphatic carbocycles. The summed E-state index contributed by atoms with van der Waals surface area (Å²) < 4.78 is 5.08. The summed E-state index contributed by atoms with van der Waals surface area (Å²) in [6.45, 7) is 4.92. The van der Waals surface area contributed by atoms with Crippen LogP contribution in [0.1, 0.15) is 26.3 Å². The van der Waals surface area contributed by atoms with Crippen LogP contribution in [0.5, 0.6) is 0 Å². The Bertz CT molecular complexity index is 934. The van der Waals surface area contributed by atoms with Crippen LogP contribution in [0, 0.1) is 0 Å². The van der Waals surface area contributed by atoms with Crippen molar-refractivity contribution in [1.29, 1.82) is 0 Å². The van der Waals surface area contributed by atoms with Gasteiger partial charge < -0.3 is 20.7 Å². The van der Waals surface area contributed by atoms with E-state index in [1.165, 1.54) is 6.08 Å². The molecule has 0 spiro atoms. The first-order valence-electron chi connectivity index (χ1n) is 9.23. The quantitative estimate of drug-likeness (QED) is 0.591. The van der Waals surface area contributed by atoms with Crippen LogP contribution in [0.25, 0.3) is 6.08 Å². The van der Waals surface area contributed by atoms with Crippen molar-refractivity contribution in [2.45, 2.75) is 26.4 Å². The van der Waals surface area contributed by atoms with Gasteiger partial charge in [-0.25, -0.2) is 4.79 Å². The molecule has 0 radical (unpaired) electrons. The van der Waals surface area contributed by atoms with Gasteiger partial charge in [0.1, 0.15) is 12.1 Å². The highest BCUT2D eigenvalue weighted by Crippen LogP contribution is 2.21. The van der Waals surface area contributed by atoms with Gasteiger partial charge in [-0.2, -0.15) is 0 Å². The summed E-state index contributed by atoms with van der Waals surface area (Å²) in [5, 5.41) is 8.36. The van der Waals surface area contributed by atoms with Gasteiger partial charge in [-0.1, -0.05) is 35.9 Å². The minimum absolute atomic E-state index is 0.270. The summed E-state index contributed by atoms with van der Waals surface area (Å²) in [6, 6.07) is 13.8. The number of amides is 3. The lowest BCUT2D eigenvalue weighted by Gasteiger charge is -2.19. The van der Waals surface area contributed by atoms with E-state index in [1.807, 2.05) is 0 Å². The van der Waals surface area contributed by atoms with Gasteiger partial charge >= 0.3 is 6.09 Å². The van der Waals surface area contributed by atoms with Gasteiger partial charge in [0.25, 0.3) is 0 Å². The second kappa shape index (κ2) is 10.5. The number of ether oxygens (including phenoxy) is 1. The molecular weight excluding hydrogens is 406 g/mol. The molecular formula is C22H24ClN3O4. The molecule has 0 atom stereocenters. The van der Waals surface area contributed by atoms with E-state index in [0.717, 1.165) is 5.56 Å². The molecule has 0 saturated carbocycles. The largest absolute Gasteiger partial charge is 0.444 e. The predicted octanol–water partition coefficient (Wildman–Crippen LogP) is 4.46. The summed E-state index contributed by atoms with van der Waals surface area (Å²) in [4.78, 5) is 36.0. The van der Waals surface area contributed by atoms with Gasteiger partial charge in [-0.15, -0.1) is 0 Å². The molecule has 30 heavy (non-hydrogen) atoms. The fourth-order valence-electron chi connectivity index (χ4n) is 2.28. The number of carbonyl (C=O) groups is 3. The van der Waals surface area contributed by atoms with Gasteiger partial charge in [0, 0.05) is 11.1 Å². The lowest BCUT2D eigenvalue weighted by atomic mass is 10.2.